The summed E-state index contributed by atoms with van der Waals surface area (Å²) >= 11 is 0. The molecule has 1 aromatic rings. The van der Waals surface area contributed by atoms with Crippen molar-refractivity contribution in [2.24, 2.45) is 0 Å². The zero-order chi connectivity index (χ0) is 15.4. The Kier molecular flexibility index (Phi) is 4.94. The Balaban J connectivity index is 1.91. The van der Waals surface area contributed by atoms with Crippen LogP contribution in [0.2, 0.25) is 0 Å². The van der Waals surface area contributed by atoms with Gasteiger partial charge in [-0.2, -0.15) is 0 Å². The molecule has 1 aliphatic carbocycles. The molecule has 0 saturated heterocycles. The van der Waals surface area contributed by atoms with E-state index in [4.69, 9.17) is 4.74 Å². The minimum absolute atomic E-state index is 0.110. The van der Waals surface area contributed by atoms with Crippen LogP contribution < -0.4 is 5.32 Å². The van der Waals surface area contributed by atoms with Crippen molar-refractivity contribution >= 4 is 11.9 Å². The Morgan fingerprint density at radius 2 is 2.00 bits per heavy atom. The van der Waals surface area contributed by atoms with E-state index in [1.54, 1.807) is 6.92 Å². The number of hydrogen-bond donors (Lipinski definition) is 1. The molecule has 1 fully saturated rings. The highest BCUT2D eigenvalue weighted by Gasteiger charge is 2.23. The summed E-state index contributed by atoms with van der Waals surface area (Å²) in [5, 5.41) is 2.87. The molecule has 4 nitrogen and oxygen atoms in total. The number of ether oxygens (including phenoxy) is 1. The van der Waals surface area contributed by atoms with E-state index in [-0.39, 0.29) is 17.5 Å². The number of halogens is 1. The molecule has 2 rings (SSSR count). The number of aryl methyl sites for hydroxylation is 1. The third-order valence-electron chi connectivity index (χ3n) is 3.76. The van der Waals surface area contributed by atoms with Crippen LogP contribution >= 0.6 is 0 Å². The lowest BCUT2D eigenvalue weighted by Crippen LogP contribution is -2.40. The van der Waals surface area contributed by atoms with Crippen LogP contribution in [0.15, 0.2) is 18.2 Å². The van der Waals surface area contributed by atoms with Gasteiger partial charge in [0.05, 0.1) is 5.56 Å². The maximum atomic E-state index is 13.4. The number of carbonyl (C=O) groups excluding carboxylic acids is 2. The first kappa shape index (κ1) is 15.5. The van der Waals surface area contributed by atoms with Crippen LogP contribution in [0.1, 0.15) is 48.5 Å². The highest BCUT2D eigenvalue weighted by Crippen LogP contribution is 2.18. The van der Waals surface area contributed by atoms with Crippen molar-refractivity contribution in [2.45, 2.75) is 51.7 Å². The van der Waals surface area contributed by atoms with Crippen molar-refractivity contribution in [1.29, 1.82) is 0 Å². The predicted octanol–water partition coefficient (Wildman–Crippen LogP) is 2.74. The smallest absolute Gasteiger partial charge is 0.339 e. The summed E-state index contributed by atoms with van der Waals surface area (Å²) in [6.07, 6.45) is 3.27. The first-order valence-corrected chi connectivity index (χ1v) is 7.25. The predicted molar refractivity (Wildman–Crippen MR) is 76.4 cm³/mol. The molecule has 114 valence electrons. The molecule has 0 bridgehead atoms. The Morgan fingerprint density at radius 3 is 2.62 bits per heavy atom. The van der Waals surface area contributed by atoms with Crippen LogP contribution in [0.5, 0.6) is 0 Å². The van der Waals surface area contributed by atoms with Crippen LogP contribution in [-0.4, -0.2) is 24.0 Å². The number of carbonyl (C=O) groups is 2. The fourth-order valence-corrected chi connectivity index (χ4v) is 2.39. The zero-order valence-electron chi connectivity index (χ0n) is 12.3. The molecule has 1 amide bonds. The van der Waals surface area contributed by atoms with Gasteiger partial charge in [-0.15, -0.1) is 0 Å². The number of hydrogen-bond acceptors (Lipinski definition) is 3. The second kappa shape index (κ2) is 6.70. The van der Waals surface area contributed by atoms with E-state index >= 15 is 0 Å². The van der Waals surface area contributed by atoms with Crippen LogP contribution in [0.4, 0.5) is 4.39 Å². The van der Waals surface area contributed by atoms with Gasteiger partial charge < -0.3 is 10.1 Å². The molecule has 1 saturated carbocycles. The van der Waals surface area contributed by atoms with Crippen molar-refractivity contribution in [1.82, 2.24) is 5.32 Å². The lowest BCUT2D eigenvalue weighted by atomic mass is 10.1. The number of rotatable bonds is 4. The van der Waals surface area contributed by atoms with Gasteiger partial charge in [-0.1, -0.05) is 18.9 Å². The molecule has 5 heteroatoms. The van der Waals surface area contributed by atoms with E-state index < -0.39 is 17.9 Å². The molecule has 21 heavy (non-hydrogen) atoms. The standard InChI is InChI=1S/C16H20FNO3/c1-10-7-8-12(9-14(10)17)16(20)21-11(2)15(19)18-13-5-3-4-6-13/h7-9,11,13H,3-6H2,1-2H3,(H,18,19)/t11-/m0/s1. The summed E-state index contributed by atoms with van der Waals surface area (Å²) in [7, 11) is 0. The summed E-state index contributed by atoms with van der Waals surface area (Å²) in [6.45, 7) is 3.13. The fourth-order valence-electron chi connectivity index (χ4n) is 2.39. The van der Waals surface area contributed by atoms with E-state index in [2.05, 4.69) is 5.32 Å². The summed E-state index contributed by atoms with van der Waals surface area (Å²) < 4.78 is 18.5. The normalized spacial score (nSPS) is 16.5. The van der Waals surface area contributed by atoms with Gasteiger partial charge in [0.1, 0.15) is 5.82 Å². The molecule has 0 aliphatic heterocycles. The van der Waals surface area contributed by atoms with Crippen molar-refractivity contribution in [3.63, 3.8) is 0 Å². The highest BCUT2D eigenvalue weighted by molar-refractivity contribution is 5.92. The molecule has 0 spiro atoms. The van der Waals surface area contributed by atoms with Crippen LogP contribution in [-0.2, 0) is 9.53 Å². The van der Waals surface area contributed by atoms with Crippen LogP contribution in [0, 0.1) is 12.7 Å². The SMILES string of the molecule is Cc1ccc(C(=O)O[C@@H](C)C(=O)NC2CCCC2)cc1F. The summed E-state index contributed by atoms with van der Waals surface area (Å²) in [4.78, 5) is 23.8. The summed E-state index contributed by atoms with van der Waals surface area (Å²) in [5.41, 5.74) is 0.567. The summed E-state index contributed by atoms with van der Waals surface area (Å²) in [6, 6.07) is 4.30. The number of esters is 1. The van der Waals surface area contributed by atoms with E-state index in [0.29, 0.717) is 5.56 Å². The molecule has 1 N–H and O–H groups in total. The third kappa shape index (κ3) is 4.03. The number of nitrogens with one attached hydrogen (secondary N) is 1. The lowest BCUT2D eigenvalue weighted by Gasteiger charge is -2.17. The van der Waals surface area contributed by atoms with Gasteiger partial charge in [-0.3, -0.25) is 4.79 Å². The number of benzene rings is 1. The lowest BCUT2D eigenvalue weighted by molar-refractivity contribution is -0.129. The quantitative estimate of drug-likeness (QED) is 0.868. The Labute approximate surface area is 123 Å². The minimum atomic E-state index is -0.887. The van der Waals surface area contributed by atoms with E-state index in [1.165, 1.54) is 19.1 Å². The Morgan fingerprint density at radius 1 is 1.33 bits per heavy atom. The van der Waals surface area contributed by atoms with Gasteiger partial charge in [-0.05, 0) is 44.4 Å². The Hall–Kier alpha value is -1.91. The van der Waals surface area contributed by atoms with Gasteiger partial charge in [0.2, 0.25) is 0 Å². The van der Waals surface area contributed by atoms with Crippen LogP contribution in [0.25, 0.3) is 0 Å². The van der Waals surface area contributed by atoms with Gasteiger partial charge in [0.25, 0.3) is 5.91 Å². The molecule has 1 atom stereocenters. The monoisotopic (exact) mass is 293 g/mol. The van der Waals surface area contributed by atoms with E-state index in [1.807, 2.05) is 0 Å². The van der Waals surface area contributed by atoms with Gasteiger partial charge >= 0.3 is 5.97 Å². The second-order valence-corrected chi connectivity index (χ2v) is 5.50. The maximum absolute atomic E-state index is 13.4. The molecule has 0 unspecified atom stereocenters. The maximum Gasteiger partial charge on any atom is 0.339 e. The van der Waals surface area contributed by atoms with Gasteiger partial charge in [0, 0.05) is 6.04 Å². The molecule has 1 aromatic carbocycles. The second-order valence-electron chi connectivity index (χ2n) is 5.50. The van der Waals surface area contributed by atoms with Crippen LogP contribution in [0.3, 0.4) is 0 Å². The molecule has 0 radical (unpaired) electrons. The topological polar surface area (TPSA) is 55.4 Å². The molecule has 1 aliphatic rings. The van der Waals surface area contributed by atoms with Gasteiger partial charge in [-0.25, -0.2) is 9.18 Å². The molecule has 0 heterocycles. The molecular weight excluding hydrogens is 273 g/mol. The molecule has 0 aromatic heterocycles. The van der Waals surface area contributed by atoms with Crippen molar-refractivity contribution in [2.75, 3.05) is 0 Å². The highest BCUT2D eigenvalue weighted by atomic mass is 19.1. The average Bonchev–Trinajstić information content (AvgIpc) is 2.94. The fraction of sp³-hybridized carbons (Fsp3) is 0.500. The van der Waals surface area contributed by atoms with E-state index in [0.717, 1.165) is 31.7 Å². The number of amides is 1. The van der Waals surface area contributed by atoms with Crippen molar-refractivity contribution < 1.29 is 18.7 Å². The first-order chi connectivity index (χ1) is 9.97. The first-order valence-electron chi connectivity index (χ1n) is 7.25. The average molecular weight is 293 g/mol. The van der Waals surface area contributed by atoms with Gasteiger partial charge in [0.15, 0.2) is 6.10 Å². The zero-order valence-corrected chi connectivity index (χ0v) is 12.3. The van der Waals surface area contributed by atoms with Crippen molar-refractivity contribution in [3.05, 3.63) is 35.1 Å². The van der Waals surface area contributed by atoms with E-state index in [9.17, 15) is 14.0 Å². The minimum Gasteiger partial charge on any atom is -0.449 e. The third-order valence-corrected chi connectivity index (χ3v) is 3.76. The van der Waals surface area contributed by atoms with Crippen molar-refractivity contribution in [3.8, 4) is 0 Å². The molecular formula is C16H20FNO3. The Bertz CT molecular complexity index is 538. The largest absolute Gasteiger partial charge is 0.449 e. The summed E-state index contributed by atoms with van der Waals surface area (Å²) in [5.74, 6) is -1.46.